The van der Waals surface area contributed by atoms with E-state index in [1.54, 1.807) is 19.1 Å². The average molecular weight is 384 g/mol. The van der Waals surface area contributed by atoms with Crippen molar-refractivity contribution < 1.29 is 27.8 Å². The Bertz CT molecular complexity index is 906. The molecule has 6 nitrogen and oxygen atoms in total. The van der Waals surface area contributed by atoms with Crippen molar-refractivity contribution in [3.05, 3.63) is 63.1 Å². The first-order valence-electron chi connectivity index (χ1n) is 7.99. The van der Waals surface area contributed by atoms with Crippen LogP contribution in [-0.4, -0.2) is 28.3 Å². The van der Waals surface area contributed by atoms with Crippen LogP contribution in [0.3, 0.4) is 0 Å². The Balaban J connectivity index is 2.25. The van der Waals surface area contributed by atoms with Crippen LogP contribution in [0.1, 0.15) is 27.2 Å². The van der Waals surface area contributed by atoms with E-state index in [1.807, 2.05) is 13.0 Å². The molecule has 0 bridgehead atoms. The molecule has 0 saturated heterocycles. The zero-order valence-corrected chi connectivity index (χ0v) is 14.7. The van der Waals surface area contributed by atoms with E-state index in [-0.39, 0.29) is 11.2 Å². The monoisotopic (exact) mass is 384 g/mol. The number of hydrogen-bond acceptors (Lipinski definition) is 4. The summed E-state index contributed by atoms with van der Waals surface area (Å²) >= 11 is 0. The Morgan fingerprint density at radius 2 is 1.93 bits per heavy atom. The normalized spacial score (nSPS) is 12.7. The highest BCUT2D eigenvalue weighted by Crippen LogP contribution is 2.28. The minimum atomic E-state index is -4.84. The molecule has 0 saturated carbocycles. The third-order valence-electron chi connectivity index (χ3n) is 3.89. The fraction of sp³-hybridized carbons (Fsp3) is 0.333. The number of aliphatic hydroxyl groups is 1. The Morgan fingerprint density at radius 1 is 1.26 bits per heavy atom. The smallest absolute Gasteiger partial charge is 0.431 e. The van der Waals surface area contributed by atoms with E-state index < -0.39 is 41.5 Å². The third-order valence-corrected chi connectivity index (χ3v) is 3.89. The van der Waals surface area contributed by atoms with E-state index >= 15 is 0 Å². The van der Waals surface area contributed by atoms with Gasteiger partial charge in [0.2, 0.25) is 0 Å². The van der Waals surface area contributed by atoms with Crippen LogP contribution >= 0.6 is 0 Å². The van der Waals surface area contributed by atoms with E-state index in [1.165, 1.54) is 0 Å². The molecule has 2 aromatic rings. The van der Waals surface area contributed by atoms with Crippen molar-refractivity contribution in [3.63, 3.8) is 0 Å². The number of hydrogen-bond donors (Lipinski definition) is 2. The number of aryl methyl sites for hydroxylation is 2. The summed E-state index contributed by atoms with van der Waals surface area (Å²) < 4.78 is 45.2. The van der Waals surface area contributed by atoms with Gasteiger partial charge < -0.3 is 20.1 Å². The van der Waals surface area contributed by atoms with Crippen molar-refractivity contribution >= 4 is 5.91 Å². The molecule has 0 radical (unpaired) electrons. The van der Waals surface area contributed by atoms with Gasteiger partial charge in [-0.15, -0.1) is 0 Å². The van der Waals surface area contributed by atoms with Gasteiger partial charge in [0.05, 0.1) is 6.54 Å². The molecule has 27 heavy (non-hydrogen) atoms. The number of nitrogens with zero attached hydrogens (tertiary/aromatic N) is 1. The lowest BCUT2D eigenvalue weighted by Crippen LogP contribution is -2.37. The van der Waals surface area contributed by atoms with Crippen molar-refractivity contribution in [1.82, 2.24) is 4.57 Å². The van der Waals surface area contributed by atoms with Crippen LogP contribution in [0, 0.1) is 13.8 Å². The molecule has 0 aliphatic heterocycles. The molecule has 3 N–H and O–H groups in total. The average Bonchev–Trinajstić information content (AvgIpc) is 2.54. The summed E-state index contributed by atoms with van der Waals surface area (Å²) in [6.45, 7) is 2.63. The van der Waals surface area contributed by atoms with Crippen molar-refractivity contribution in [2.24, 2.45) is 5.73 Å². The molecule has 0 aliphatic rings. The SMILES string of the molecule is Cc1ccc(OC[C@@H](O)Cn2c(C(F)(F)F)ccc(C(N)=O)c2=O)c(C)c1. The number of aliphatic hydroxyl groups excluding tert-OH is 1. The van der Waals surface area contributed by atoms with E-state index in [0.29, 0.717) is 11.8 Å². The Hall–Kier alpha value is -2.81. The van der Waals surface area contributed by atoms with Gasteiger partial charge in [-0.3, -0.25) is 9.59 Å². The van der Waals surface area contributed by atoms with Gasteiger partial charge in [0.1, 0.15) is 29.7 Å². The highest BCUT2D eigenvalue weighted by molar-refractivity contribution is 5.92. The molecule has 2 rings (SSSR count). The topological polar surface area (TPSA) is 94.5 Å². The number of pyridine rings is 1. The number of halogens is 3. The molecule has 1 aromatic carbocycles. The molecule has 1 amide bonds. The van der Waals surface area contributed by atoms with E-state index in [0.717, 1.165) is 17.2 Å². The van der Waals surface area contributed by atoms with Crippen molar-refractivity contribution in [3.8, 4) is 5.75 Å². The number of carbonyl (C=O) groups is 1. The van der Waals surface area contributed by atoms with Crippen LogP contribution in [0.5, 0.6) is 5.75 Å². The lowest BCUT2D eigenvalue weighted by Gasteiger charge is -2.19. The molecular weight excluding hydrogens is 365 g/mol. The van der Waals surface area contributed by atoms with Crippen LogP contribution < -0.4 is 16.0 Å². The summed E-state index contributed by atoms with van der Waals surface area (Å²) in [6.07, 6.45) is -6.27. The molecular formula is C18H19F3N2O4. The van der Waals surface area contributed by atoms with Crippen LogP contribution in [0.4, 0.5) is 13.2 Å². The van der Waals surface area contributed by atoms with E-state index in [2.05, 4.69) is 0 Å². The summed E-state index contributed by atoms with van der Waals surface area (Å²) in [5.74, 6) is -0.683. The highest BCUT2D eigenvalue weighted by Gasteiger charge is 2.35. The molecule has 146 valence electrons. The predicted molar refractivity (Wildman–Crippen MR) is 91.6 cm³/mol. The highest BCUT2D eigenvalue weighted by atomic mass is 19.4. The molecule has 9 heteroatoms. The van der Waals surface area contributed by atoms with Gasteiger partial charge in [0.15, 0.2) is 0 Å². The maximum atomic E-state index is 13.2. The lowest BCUT2D eigenvalue weighted by atomic mass is 10.1. The van der Waals surface area contributed by atoms with Crippen molar-refractivity contribution in [2.75, 3.05) is 6.61 Å². The first-order valence-corrected chi connectivity index (χ1v) is 7.99. The maximum Gasteiger partial charge on any atom is 0.431 e. The maximum absolute atomic E-state index is 13.2. The summed E-state index contributed by atoms with van der Waals surface area (Å²) in [4.78, 5) is 23.4. The zero-order valence-electron chi connectivity index (χ0n) is 14.7. The number of aromatic nitrogens is 1. The van der Waals surface area contributed by atoms with E-state index in [4.69, 9.17) is 10.5 Å². The molecule has 0 aliphatic carbocycles. The predicted octanol–water partition coefficient (Wildman–Crippen LogP) is 2.02. The van der Waals surface area contributed by atoms with Crippen LogP contribution in [0.15, 0.2) is 35.1 Å². The molecule has 1 heterocycles. The van der Waals surface area contributed by atoms with Crippen LogP contribution in [-0.2, 0) is 12.7 Å². The van der Waals surface area contributed by atoms with Crippen molar-refractivity contribution in [2.45, 2.75) is 32.7 Å². The summed E-state index contributed by atoms with van der Waals surface area (Å²) in [7, 11) is 0. The number of benzene rings is 1. The lowest BCUT2D eigenvalue weighted by molar-refractivity contribution is -0.144. The zero-order chi connectivity index (χ0) is 20.4. The van der Waals surface area contributed by atoms with Gasteiger partial charge in [0, 0.05) is 0 Å². The fourth-order valence-corrected chi connectivity index (χ4v) is 2.61. The number of amides is 1. The van der Waals surface area contributed by atoms with Gasteiger partial charge in [-0.2, -0.15) is 13.2 Å². The van der Waals surface area contributed by atoms with Crippen LogP contribution in [0.2, 0.25) is 0 Å². The standard InChI is InChI=1S/C18H19F3N2O4/c1-10-3-5-14(11(2)7-10)27-9-12(24)8-23-15(18(19,20)21)6-4-13(16(22)25)17(23)26/h3-7,12,24H,8-9H2,1-2H3,(H2,22,25)/t12-/m0/s1. The number of nitrogens with two attached hydrogens (primary N) is 1. The second-order valence-corrected chi connectivity index (χ2v) is 6.14. The number of alkyl halides is 3. The second kappa shape index (κ2) is 7.83. The number of ether oxygens (including phenoxy) is 1. The Labute approximate surface area is 153 Å². The third kappa shape index (κ3) is 4.88. The molecule has 0 fully saturated rings. The fourth-order valence-electron chi connectivity index (χ4n) is 2.61. The molecule has 0 spiro atoms. The number of carbonyl (C=O) groups excluding carboxylic acids is 1. The largest absolute Gasteiger partial charge is 0.491 e. The quantitative estimate of drug-likeness (QED) is 0.797. The molecule has 0 unspecified atom stereocenters. The minimum absolute atomic E-state index is 0.288. The minimum Gasteiger partial charge on any atom is -0.491 e. The van der Waals surface area contributed by atoms with Gasteiger partial charge >= 0.3 is 6.18 Å². The second-order valence-electron chi connectivity index (χ2n) is 6.14. The van der Waals surface area contributed by atoms with Gasteiger partial charge in [0.25, 0.3) is 11.5 Å². The summed E-state index contributed by atoms with van der Waals surface area (Å²) in [5.41, 5.74) is 3.72. The number of primary amides is 1. The molecule has 1 atom stereocenters. The summed E-state index contributed by atoms with van der Waals surface area (Å²) in [5, 5.41) is 10.1. The van der Waals surface area contributed by atoms with Gasteiger partial charge in [-0.05, 0) is 37.6 Å². The Kier molecular flexibility index (Phi) is 5.94. The van der Waals surface area contributed by atoms with Crippen molar-refractivity contribution in [1.29, 1.82) is 0 Å². The van der Waals surface area contributed by atoms with Crippen LogP contribution in [0.25, 0.3) is 0 Å². The molecule has 1 aromatic heterocycles. The number of rotatable bonds is 6. The first-order chi connectivity index (χ1) is 12.5. The van der Waals surface area contributed by atoms with Gasteiger partial charge in [-0.1, -0.05) is 17.7 Å². The van der Waals surface area contributed by atoms with Gasteiger partial charge in [-0.25, -0.2) is 0 Å². The first kappa shape index (κ1) is 20.5. The Morgan fingerprint density at radius 3 is 2.48 bits per heavy atom. The van der Waals surface area contributed by atoms with E-state index in [9.17, 15) is 27.9 Å². The summed E-state index contributed by atoms with van der Waals surface area (Å²) in [6, 6.07) is 6.63.